The molecule has 0 saturated heterocycles. The standard InChI is InChI=1S/C25H22FN3O2/c1-28(16-20-15-27-29(18-20)17-19-7-3-2-4-8-19)25(30)14-12-21-11-13-24(31-21)22-9-5-6-10-23(22)26/h2-15,18H,16-17H2,1H3/b14-12+. The molecule has 1 amide bonds. The number of rotatable bonds is 7. The van der Waals surface area contributed by atoms with Crippen LogP contribution in [0.1, 0.15) is 16.9 Å². The molecule has 0 N–H and O–H groups in total. The maximum absolute atomic E-state index is 13.9. The van der Waals surface area contributed by atoms with Crippen LogP contribution in [0.25, 0.3) is 17.4 Å². The molecule has 31 heavy (non-hydrogen) atoms. The molecule has 0 spiro atoms. The summed E-state index contributed by atoms with van der Waals surface area (Å²) in [5.74, 6) is 0.385. The van der Waals surface area contributed by atoms with E-state index in [2.05, 4.69) is 5.10 Å². The maximum atomic E-state index is 13.9. The third kappa shape index (κ3) is 5.17. The molecule has 2 aromatic heterocycles. The summed E-state index contributed by atoms with van der Waals surface area (Å²) in [4.78, 5) is 14.1. The van der Waals surface area contributed by atoms with Crippen LogP contribution in [0.4, 0.5) is 4.39 Å². The van der Waals surface area contributed by atoms with Gasteiger partial charge < -0.3 is 9.32 Å². The van der Waals surface area contributed by atoms with Crippen molar-refractivity contribution in [2.75, 3.05) is 7.05 Å². The van der Waals surface area contributed by atoms with Crippen LogP contribution in [0.5, 0.6) is 0 Å². The van der Waals surface area contributed by atoms with Gasteiger partial charge in [-0.1, -0.05) is 42.5 Å². The average Bonchev–Trinajstić information content (AvgIpc) is 3.42. The van der Waals surface area contributed by atoms with E-state index >= 15 is 0 Å². The third-order valence-corrected chi connectivity index (χ3v) is 4.83. The van der Waals surface area contributed by atoms with E-state index in [0.717, 1.165) is 11.1 Å². The Morgan fingerprint density at radius 3 is 2.65 bits per heavy atom. The first kappa shape index (κ1) is 20.3. The first-order chi connectivity index (χ1) is 15.1. The summed E-state index contributed by atoms with van der Waals surface area (Å²) in [6.07, 6.45) is 6.73. The van der Waals surface area contributed by atoms with Crippen molar-refractivity contribution in [2.24, 2.45) is 0 Å². The largest absolute Gasteiger partial charge is 0.457 e. The first-order valence-corrected chi connectivity index (χ1v) is 9.91. The molecule has 0 aliphatic heterocycles. The summed E-state index contributed by atoms with van der Waals surface area (Å²) in [7, 11) is 1.73. The fraction of sp³-hybridized carbons (Fsp3) is 0.120. The monoisotopic (exact) mass is 415 g/mol. The van der Waals surface area contributed by atoms with E-state index < -0.39 is 0 Å². The number of aromatic nitrogens is 2. The molecule has 156 valence electrons. The van der Waals surface area contributed by atoms with Gasteiger partial charge in [0.15, 0.2) is 0 Å². The molecule has 0 bridgehead atoms. The van der Waals surface area contributed by atoms with E-state index in [1.54, 1.807) is 54.6 Å². The van der Waals surface area contributed by atoms with Gasteiger partial charge in [0.25, 0.3) is 0 Å². The Morgan fingerprint density at radius 2 is 1.84 bits per heavy atom. The third-order valence-electron chi connectivity index (χ3n) is 4.83. The van der Waals surface area contributed by atoms with Crippen LogP contribution >= 0.6 is 0 Å². The summed E-state index contributed by atoms with van der Waals surface area (Å²) in [5.41, 5.74) is 2.50. The molecule has 6 heteroatoms. The number of amides is 1. The molecule has 4 rings (SSSR count). The molecule has 0 radical (unpaired) electrons. The van der Waals surface area contributed by atoms with E-state index in [1.807, 2.05) is 41.2 Å². The number of carbonyl (C=O) groups excluding carboxylic acids is 1. The quantitative estimate of drug-likeness (QED) is 0.399. The summed E-state index contributed by atoms with van der Waals surface area (Å²) < 4.78 is 21.4. The van der Waals surface area contributed by atoms with Gasteiger partial charge in [0.2, 0.25) is 5.91 Å². The van der Waals surface area contributed by atoms with E-state index in [0.29, 0.717) is 30.2 Å². The molecule has 0 unspecified atom stereocenters. The highest BCUT2D eigenvalue weighted by Crippen LogP contribution is 2.25. The molecule has 0 atom stereocenters. The van der Waals surface area contributed by atoms with Crippen molar-refractivity contribution in [3.8, 4) is 11.3 Å². The van der Waals surface area contributed by atoms with E-state index in [1.165, 1.54) is 12.1 Å². The van der Waals surface area contributed by atoms with Gasteiger partial charge in [-0.2, -0.15) is 5.10 Å². The number of carbonyl (C=O) groups is 1. The molecule has 0 aliphatic carbocycles. The SMILES string of the molecule is CN(Cc1cnn(Cc2ccccc2)c1)C(=O)/C=C/c1ccc(-c2ccccc2F)o1. The lowest BCUT2D eigenvalue weighted by molar-refractivity contribution is -0.125. The Labute approximate surface area is 180 Å². The Morgan fingerprint density at radius 1 is 1.06 bits per heavy atom. The minimum Gasteiger partial charge on any atom is -0.457 e. The van der Waals surface area contributed by atoms with Gasteiger partial charge in [0, 0.05) is 31.4 Å². The molecule has 2 heterocycles. The second-order valence-corrected chi connectivity index (χ2v) is 7.24. The van der Waals surface area contributed by atoms with Crippen LogP contribution < -0.4 is 0 Å². The van der Waals surface area contributed by atoms with E-state index in [-0.39, 0.29) is 11.7 Å². The molecule has 4 aromatic rings. The summed E-state index contributed by atoms with van der Waals surface area (Å²) in [5, 5.41) is 4.37. The van der Waals surface area contributed by atoms with Crippen molar-refractivity contribution < 1.29 is 13.6 Å². The highest BCUT2D eigenvalue weighted by atomic mass is 19.1. The predicted octanol–water partition coefficient (Wildman–Crippen LogP) is 5.00. The average molecular weight is 415 g/mol. The Hall–Kier alpha value is -3.93. The Kier molecular flexibility index (Phi) is 6.08. The molecule has 0 saturated carbocycles. The zero-order valence-corrected chi connectivity index (χ0v) is 17.1. The van der Waals surface area contributed by atoms with Crippen LogP contribution in [0, 0.1) is 5.82 Å². The highest BCUT2D eigenvalue weighted by molar-refractivity contribution is 5.91. The number of benzene rings is 2. The van der Waals surface area contributed by atoms with Crippen molar-refractivity contribution in [1.29, 1.82) is 0 Å². The number of halogens is 1. The fourth-order valence-corrected chi connectivity index (χ4v) is 3.23. The van der Waals surface area contributed by atoms with Crippen molar-refractivity contribution in [1.82, 2.24) is 14.7 Å². The zero-order valence-electron chi connectivity index (χ0n) is 17.1. The minimum absolute atomic E-state index is 0.167. The van der Waals surface area contributed by atoms with Crippen LogP contribution in [0.15, 0.2) is 89.6 Å². The number of nitrogens with zero attached hydrogens (tertiary/aromatic N) is 3. The summed E-state index contributed by atoms with van der Waals surface area (Å²) >= 11 is 0. The number of hydrogen-bond donors (Lipinski definition) is 0. The molecule has 2 aromatic carbocycles. The van der Waals surface area contributed by atoms with Gasteiger partial charge in [-0.15, -0.1) is 0 Å². The van der Waals surface area contributed by atoms with Crippen LogP contribution in [-0.4, -0.2) is 27.6 Å². The number of furan rings is 1. The molecule has 0 aliphatic rings. The van der Waals surface area contributed by atoms with Gasteiger partial charge >= 0.3 is 0 Å². The lowest BCUT2D eigenvalue weighted by atomic mass is 10.1. The van der Waals surface area contributed by atoms with Crippen LogP contribution in [-0.2, 0) is 17.9 Å². The van der Waals surface area contributed by atoms with E-state index in [4.69, 9.17) is 4.42 Å². The van der Waals surface area contributed by atoms with Crippen molar-refractivity contribution in [3.05, 3.63) is 108 Å². The van der Waals surface area contributed by atoms with Crippen LogP contribution in [0.3, 0.4) is 0 Å². The van der Waals surface area contributed by atoms with Crippen molar-refractivity contribution in [3.63, 3.8) is 0 Å². The molecule has 5 nitrogen and oxygen atoms in total. The van der Waals surface area contributed by atoms with Crippen molar-refractivity contribution >= 4 is 12.0 Å². The van der Waals surface area contributed by atoms with Crippen molar-refractivity contribution in [2.45, 2.75) is 13.1 Å². The molecular formula is C25H22FN3O2. The Balaban J connectivity index is 1.35. The smallest absolute Gasteiger partial charge is 0.246 e. The number of hydrogen-bond acceptors (Lipinski definition) is 3. The fourth-order valence-electron chi connectivity index (χ4n) is 3.23. The van der Waals surface area contributed by atoms with Gasteiger partial charge in [-0.25, -0.2) is 4.39 Å². The van der Waals surface area contributed by atoms with Gasteiger partial charge in [0.05, 0.1) is 18.3 Å². The Bertz CT molecular complexity index is 1190. The molecular weight excluding hydrogens is 393 g/mol. The molecule has 0 fully saturated rings. The minimum atomic E-state index is -0.351. The lowest BCUT2D eigenvalue weighted by Crippen LogP contribution is -2.23. The highest BCUT2D eigenvalue weighted by Gasteiger charge is 2.10. The predicted molar refractivity (Wildman–Crippen MR) is 117 cm³/mol. The van der Waals surface area contributed by atoms with Crippen LogP contribution in [0.2, 0.25) is 0 Å². The van der Waals surface area contributed by atoms with Gasteiger partial charge in [0.1, 0.15) is 17.3 Å². The normalized spacial score (nSPS) is 11.2. The first-order valence-electron chi connectivity index (χ1n) is 9.91. The van der Waals surface area contributed by atoms with E-state index in [9.17, 15) is 9.18 Å². The summed E-state index contributed by atoms with van der Waals surface area (Å²) in [6, 6.07) is 19.9. The van der Waals surface area contributed by atoms with Gasteiger partial charge in [-0.05, 0) is 35.9 Å². The second kappa shape index (κ2) is 9.26. The summed E-state index contributed by atoms with van der Waals surface area (Å²) in [6.45, 7) is 1.12. The lowest BCUT2D eigenvalue weighted by Gasteiger charge is -2.13. The second-order valence-electron chi connectivity index (χ2n) is 7.24. The number of likely N-dealkylation sites (N-methyl/N-ethyl adjacent to an activating group) is 1. The van der Waals surface area contributed by atoms with Gasteiger partial charge in [-0.3, -0.25) is 9.48 Å². The maximum Gasteiger partial charge on any atom is 0.246 e. The zero-order chi connectivity index (χ0) is 21.6. The topological polar surface area (TPSA) is 51.3 Å².